The summed E-state index contributed by atoms with van der Waals surface area (Å²) < 4.78 is 82.2. The van der Waals surface area contributed by atoms with Crippen LogP contribution in [0.1, 0.15) is 26.7 Å². The second-order valence-corrected chi connectivity index (χ2v) is 11.2. The van der Waals surface area contributed by atoms with E-state index in [0.29, 0.717) is 12.8 Å². The summed E-state index contributed by atoms with van der Waals surface area (Å²) >= 11 is 0. The van der Waals surface area contributed by atoms with E-state index in [4.69, 9.17) is 23.5 Å². The Labute approximate surface area is 237 Å². The molecular formula is C18H35NaO16S2. The van der Waals surface area contributed by atoms with E-state index in [1.807, 2.05) is 6.92 Å². The number of hydrogen-bond donors (Lipinski definition) is 7. The maximum atomic E-state index is 10.7. The number of rotatable bonds is 10. The zero-order valence-corrected chi connectivity index (χ0v) is 24.3. The van der Waals surface area contributed by atoms with Crippen molar-refractivity contribution in [3.05, 3.63) is 0 Å². The minimum atomic E-state index is -4.62. The smallest absolute Gasteiger partial charge is 0.748 e. The van der Waals surface area contributed by atoms with Crippen LogP contribution in [0.3, 0.4) is 0 Å². The van der Waals surface area contributed by atoms with Crippen LogP contribution >= 0.6 is 0 Å². The summed E-state index contributed by atoms with van der Waals surface area (Å²) in [6, 6.07) is 0. The van der Waals surface area contributed by atoms with E-state index >= 15 is 0 Å². The fourth-order valence-corrected chi connectivity index (χ4v) is 4.63. The van der Waals surface area contributed by atoms with Crippen molar-refractivity contribution in [2.75, 3.05) is 24.7 Å². The van der Waals surface area contributed by atoms with Crippen LogP contribution in [0.4, 0.5) is 0 Å². The molecular weight excluding hydrogens is 559 g/mol. The molecule has 2 aliphatic heterocycles. The first-order chi connectivity index (χ1) is 16.5. The molecule has 0 spiro atoms. The summed E-state index contributed by atoms with van der Waals surface area (Å²) in [7, 11) is -9.00. The minimum Gasteiger partial charge on any atom is -0.748 e. The summed E-state index contributed by atoms with van der Waals surface area (Å²) in [5.74, 6) is -1.88. The van der Waals surface area contributed by atoms with Gasteiger partial charge in [-0.15, -0.1) is 0 Å². The van der Waals surface area contributed by atoms with Crippen molar-refractivity contribution in [1.29, 1.82) is 0 Å². The third-order valence-corrected chi connectivity index (χ3v) is 6.54. The van der Waals surface area contributed by atoms with E-state index < -0.39 is 93.2 Å². The largest absolute Gasteiger partial charge is 1.00 e. The summed E-state index contributed by atoms with van der Waals surface area (Å²) in [5.41, 5.74) is 0. The SMILES string of the molecule is CCCOC1OC(CS(=O)(=O)O)C(O)C(O)C1O.CCCOC1OC(CS(=O)(=O)[O-])C(O)C(O)C1O.[Na+]. The van der Waals surface area contributed by atoms with Crippen molar-refractivity contribution < 1.29 is 105 Å². The summed E-state index contributed by atoms with van der Waals surface area (Å²) in [6.45, 7) is 4.08. The molecule has 216 valence electrons. The van der Waals surface area contributed by atoms with Gasteiger partial charge in [-0.25, -0.2) is 8.42 Å². The molecule has 2 saturated heterocycles. The molecule has 37 heavy (non-hydrogen) atoms. The van der Waals surface area contributed by atoms with Crippen LogP contribution in [0.15, 0.2) is 0 Å². The second-order valence-electron chi connectivity index (χ2n) is 8.24. The van der Waals surface area contributed by atoms with E-state index in [9.17, 15) is 52.0 Å². The summed E-state index contributed by atoms with van der Waals surface area (Å²) in [5, 5.41) is 57.3. The van der Waals surface area contributed by atoms with Crippen molar-refractivity contribution in [2.24, 2.45) is 0 Å². The molecule has 2 rings (SSSR count). The maximum absolute atomic E-state index is 10.7. The number of aliphatic hydroxyl groups excluding tert-OH is 6. The Morgan fingerprint density at radius 3 is 1.32 bits per heavy atom. The average molecular weight is 595 g/mol. The normalized spacial score (nSPS) is 36.7. The van der Waals surface area contributed by atoms with Crippen molar-refractivity contribution in [3.63, 3.8) is 0 Å². The second kappa shape index (κ2) is 16.6. The van der Waals surface area contributed by atoms with Crippen LogP contribution in [-0.2, 0) is 39.2 Å². The first-order valence-corrected chi connectivity index (χ1v) is 14.2. The van der Waals surface area contributed by atoms with Crippen molar-refractivity contribution >= 4 is 20.2 Å². The Balaban J connectivity index is 0.000000682. The van der Waals surface area contributed by atoms with Gasteiger partial charge >= 0.3 is 29.6 Å². The molecule has 0 aliphatic carbocycles. The van der Waals surface area contributed by atoms with Gasteiger partial charge in [-0.2, -0.15) is 8.42 Å². The number of aliphatic hydroxyl groups is 6. The standard InChI is InChI=1S/2C9H18O8S.Na/c2*1-2-3-16-9-8(12)7(11)6(10)5(17-9)4-18(13,14)15;/h2*5-12H,2-4H2,1H3,(H,13,14,15);/q;;+1/p-1. The summed E-state index contributed by atoms with van der Waals surface area (Å²) in [4.78, 5) is 0. The van der Waals surface area contributed by atoms with Crippen LogP contribution in [-0.4, -0.2) is 143 Å². The van der Waals surface area contributed by atoms with Crippen LogP contribution in [0.5, 0.6) is 0 Å². The average Bonchev–Trinajstić information content (AvgIpc) is 2.77. The van der Waals surface area contributed by atoms with E-state index in [2.05, 4.69) is 0 Å². The minimum absolute atomic E-state index is 0. The van der Waals surface area contributed by atoms with Crippen molar-refractivity contribution in [1.82, 2.24) is 0 Å². The van der Waals surface area contributed by atoms with Gasteiger partial charge in [-0.1, -0.05) is 13.8 Å². The molecule has 2 heterocycles. The fraction of sp³-hybridized carbons (Fsp3) is 1.00. The van der Waals surface area contributed by atoms with E-state index in [1.54, 1.807) is 6.92 Å². The zero-order valence-electron chi connectivity index (χ0n) is 20.6. The van der Waals surface area contributed by atoms with Crippen molar-refractivity contribution in [2.45, 2.75) is 88.1 Å². The van der Waals surface area contributed by atoms with Crippen LogP contribution < -0.4 is 29.6 Å². The van der Waals surface area contributed by atoms with Crippen molar-refractivity contribution in [3.8, 4) is 0 Å². The van der Waals surface area contributed by atoms with Gasteiger partial charge in [0.25, 0.3) is 10.1 Å². The monoisotopic (exact) mass is 594 g/mol. The molecule has 0 bridgehead atoms. The predicted molar refractivity (Wildman–Crippen MR) is 117 cm³/mol. The first-order valence-electron chi connectivity index (χ1n) is 11.0. The topological polar surface area (TPSA) is 270 Å². The summed E-state index contributed by atoms with van der Waals surface area (Å²) in [6.07, 6.45) is -13.5. The molecule has 0 saturated carbocycles. The van der Waals surface area contributed by atoms with Gasteiger partial charge in [-0.3, -0.25) is 4.55 Å². The third-order valence-electron chi connectivity index (χ3n) is 5.05. The molecule has 0 aromatic heterocycles. The molecule has 0 aromatic carbocycles. The molecule has 10 atom stereocenters. The fourth-order valence-electron chi connectivity index (χ4n) is 3.26. The van der Waals surface area contributed by atoms with Gasteiger partial charge < -0.3 is 54.1 Å². The quantitative estimate of drug-likeness (QED) is 0.0914. The Morgan fingerprint density at radius 2 is 1.03 bits per heavy atom. The van der Waals surface area contributed by atoms with E-state index in [-0.39, 0.29) is 42.8 Å². The first kappa shape index (κ1) is 37.4. The molecule has 19 heteroatoms. The molecule has 0 radical (unpaired) electrons. The molecule has 16 nitrogen and oxygen atoms in total. The zero-order chi connectivity index (χ0) is 27.8. The van der Waals surface area contributed by atoms with Gasteiger partial charge in [0.05, 0.1) is 15.9 Å². The molecule has 2 aliphatic rings. The number of hydrogen-bond acceptors (Lipinski definition) is 15. The van der Waals surface area contributed by atoms with Crippen LogP contribution in [0.2, 0.25) is 0 Å². The molecule has 2 fully saturated rings. The van der Waals surface area contributed by atoms with E-state index in [1.165, 1.54) is 0 Å². The Kier molecular flexibility index (Phi) is 16.8. The molecule has 10 unspecified atom stereocenters. The van der Waals surface area contributed by atoms with Crippen LogP contribution in [0.25, 0.3) is 0 Å². The van der Waals surface area contributed by atoms with Gasteiger partial charge in [0.1, 0.15) is 54.6 Å². The van der Waals surface area contributed by atoms with Crippen LogP contribution in [0, 0.1) is 0 Å². The number of ether oxygens (including phenoxy) is 4. The Bertz CT molecular complexity index is 788. The van der Waals surface area contributed by atoms with Gasteiger partial charge in [0, 0.05) is 13.2 Å². The molecule has 0 aromatic rings. The van der Waals surface area contributed by atoms with E-state index in [0.717, 1.165) is 0 Å². The predicted octanol–water partition coefficient (Wildman–Crippen LogP) is -7.12. The van der Waals surface area contributed by atoms with Gasteiger partial charge in [0.15, 0.2) is 12.6 Å². The third kappa shape index (κ3) is 12.6. The molecule has 7 N–H and O–H groups in total. The van der Waals surface area contributed by atoms with Gasteiger partial charge in [-0.05, 0) is 12.8 Å². The Morgan fingerprint density at radius 1 is 0.676 bits per heavy atom. The Hall–Kier alpha value is 0.420. The maximum Gasteiger partial charge on any atom is 1.00 e. The molecule has 0 amide bonds. The van der Waals surface area contributed by atoms with Gasteiger partial charge in [0.2, 0.25) is 0 Å².